The summed E-state index contributed by atoms with van der Waals surface area (Å²) in [6.07, 6.45) is 11.5. The molecule has 0 rings (SSSR count). The molecule has 0 radical (unpaired) electrons. The highest BCUT2D eigenvalue weighted by molar-refractivity contribution is 4.43. The van der Waals surface area contributed by atoms with Crippen LogP contribution in [0.25, 0.3) is 0 Å². The first-order valence-electron chi connectivity index (χ1n) is 5.49. The zero-order valence-corrected chi connectivity index (χ0v) is 9.64. The summed E-state index contributed by atoms with van der Waals surface area (Å²) >= 11 is 0. The predicted molar refractivity (Wildman–Crippen MR) is 60.9 cm³/mol. The fourth-order valence-corrected chi connectivity index (χ4v) is 1.21. The van der Waals surface area contributed by atoms with Gasteiger partial charge in [0.25, 0.3) is 0 Å². The van der Waals surface area contributed by atoms with Crippen molar-refractivity contribution in [3.8, 4) is 0 Å². The lowest BCUT2D eigenvalue weighted by molar-refractivity contribution is 0.585. The first-order chi connectivity index (χ1) is 5.91. The Morgan fingerprint density at radius 1 is 0.615 bits per heavy atom. The summed E-state index contributed by atoms with van der Waals surface area (Å²) < 4.78 is 0. The zero-order chi connectivity index (χ0) is 9.66. The third-order valence-electron chi connectivity index (χ3n) is 1.96. The maximum atomic E-state index is 4.50. The lowest BCUT2D eigenvalue weighted by Gasteiger charge is -1.97. The monoisotopic (exact) mass is 193 g/mol. The maximum Gasteiger partial charge on any atom is -0.0195 e. The molecule has 2 N–H and O–H groups in total. The molecule has 0 aliphatic rings. The largest absolute Gasteiger partial charge is 0.333 e. The molecule has 0 amide bonds. The van der Waals surface area contributed by atoms with Crippen LogP contribution in [-0.4, -0.2) is 7.05 Å². The Hall–Kier alpha value is -0.110. The van der Waals surface area contributed by atoms with E-state index in [0.717, 1.165) is 0 Å². The lowest BCUT2D eigenvalue weighted by atomic mass is 10.1. The Morgan fingerprint density at radius 3 is 1.08 bits per heavy atom. The fourth-order valence-electron chi connectivity index (χ4n) is 1.21. The summed E-state index contributed by atoms with van der Waals surface area (Å²) in [6, 6.07) is 0. The van der Waals surface area contributed by atoms with Gasteiger partial charge < -0.3 is 5.73 Å². The van der Waals surface area contributed by atoms with Crippen LogP contribution in [0.5, 0.6) is 0 Å². The van der Waals surface area contributed by atoms with Crippen molar-refractivity contribution in [3.63, 3.8) is 0 Å². The Bertz CT molecular complexity index is 50.1. The van der Waals surface area contributed by atoms with Crippen molar-refractivity contribution < 1.29 is 4.70 Å². The van der Waals surface area contributed by atoms with E-state index in [9.17, 15) is 0 Å². The molecule has 0 fully saturated rings. The van der Waals surface area contributed by atoms with Crippen LogP contribution in [0.2, 0.25) is 0 Å². The molecular weight excluding hydrogens is 165 g/mol. The molecule has 0 aromatic carbocycles. The SMILES string of the molecule is CCCCCCCCCC.CN.F. The highest BCUT2D eigenvalue weighted by Gasteiger charge is 1.87. The molecule has 0 aromatic rings. The minimum atomic E-state index is 0. The Labute approximate surface area is 83.5 Å². The summed E-state index contributed by atoms with van der Waals surface area (Å²) in [6.45, 7) is 4.54. The summed E-state index contributed by atoms with van der Waals surface area (Å²) in [7, 11) is 1.50. The number of hydrogen-bond donors (Lipinski definition) is 1. The van der Waals surface area contributed by atoms with E-state index in [-0.39, 0.29) is 4.70 Å². The quantitative estimate of drug-likeness (QED) is 0.610. The lowest BCUT2D eigenvalue weighted by Crippen LogP contribution is -1.77. The second-order valence-corrected chi connectivity index (χ2v) is 3.12. The molecule has 0 unspecified atom stereocenters. The van der Waals surface area contributed by atoms with E-state index >= 15 is 0 Å². The van der Waals surface area contributed by atoms with Crippen molar-refractivity contribution in [1.29, 1.82) is 0 Å². The second-order valence-electron chi connectivity index (χ2n) is 3.12. The third-order valence-corrected chi connectivity index (χ3v) is 1.96. The van der Waals surface area contributed by atoms with Gasteiger partial charge in [-0.15, -0.1) is 0 Å². The second kappa shape index (κ2) is 22.7. The summed E-state index contributed by atoms with van der Waals surface area (Å²) in [5.41, 5.74) is 4.50. The van der Waals surface area contributed by atoms with Crippen molar-refractivity contribution in [1.82, 2.24) is 0 Å². The molecule has 0 bridgehead atoms. The fraction of sp³-hybridized carbons (Fsp3) is 1.00. The van der Waals surface area contributed by atoms with Crippen LogP contribution in [0.1, 0.15) is 65.2 Å². The number of unbranched alkanes of at least 4 members (excludes halogenated alkanes) is 7. The molecule has 0 aromatic heterocycles. The van der Waals surface area contributed by atoms with E-state index in [0.29, 0.717) is 0 Å². The summed E-state index contributed by atoms with van der Waals surface area (Å²) in [5, 5.41) is 0. The minimum Gasteiger partial charge on any atom is -0.333 e. The van der Waals surface area contributed by atoms with Crippen LogP contribution in [0.3, 0.4) is 0 Å². The zero-order valence-electron chi connectivity index (χ0n) is 9.64. The van der Waals surface area contributed by atoms with Gasteiger partial charge in [-0.1, -0.05) is 65.2 Å². The molecule has 2 heteroatoms. The van der Waals surface area contributed by atoms with Gasteiger partial charge in [-0.3, -0.25) is 4.70 Å². The summed E-state index contributed by atoms with van der Waals surface area (Å²) in [4.78, 5) is 0. The molecule has 0 saturated carbocycles. The van der Waals surface area contributed by atoms with Crippen molar-refractivity contribution in [2.75, 3.05) is 7.05 Å². The van der Waals surface area contributed by atoms with Crippen molar-refractivity contribution in [2.24, 2.45) is 5.73 Å². The van der Waals surface area contributed by atoms with Gasteiger partial charge in [0.05, 0.1) is 0 Å². The average Bonchev–Trinajstić information content (AvgIpc) is 2.15. The van der Waals surface area contributed by atoms with E-state index in [1.54, 1.807) is 0 Å². The first-order valence-corrected chi connectivity index (χ1v) is 5.49. The molecule has 84 valence electrons. The van der Waals surface area contributed by atoms with Crippen molar-refractivity contribution in [3.05, 3.63) is 0 Å². The smallest absolute Gasteiger partial charge is 0.0195 e. The average molecular weight is 193 g/mol. The van der Waals surface area contributed by atoms with Crippen LogP contribution in [-0.2, 0) is 0 Å². The van der Waals surface area contributed by atoms with Gasteiger partial charge in [-0.25, -0.2) is 0 Å². The van der Waals surface area contributed by atoms with Gasteiger partial charge in [0.15, 0.2) is 0 Å². The van der Waals surface area contributed by atoms with Crippen LogP contribution in [0.15, 0.2) is 0 Å². The Kier molecular flexibility index (Phi) is 32.5. The molecule has 0 atom stereocenters. The highest BCUT2D eigenvalue weighted by atomic mass is 19.0. The number of nitrogens with two attached hydrogens (primary N) is 1. The molecule has 0 spiro atoms. The van der Waals surface area contributed by atoms with E-state index in [1.807, 2.05) is 0 Å². The van der Waals surface area contributed by atoms with E-state index in [1.165, 1.54) is 58.4 Å². The molecule has 0 saturated heterocycles. The van der Waals surface area contributed by atoms with E-state index < -0.39 is 0 Å². The first kappa shape index (κ1) is 18.6. The highest BCUT2D eigenvalue weighted by Crippen LogP contribution is 2.07. The van der Waals surface area contributed by atoms with Crippen LogP contribution in [0, 0.1) is 0 Å². The third kappa shape index (κ3) is 24.5. The van der Waals surface area contributed by atoms with Gasteiger partial charge in [0, 0.05) is 0 Å². The molecule has 0 heterocycles. The standard InChI is InChI=1S/C10H22.CH5N.FH/c1-3-5-7-9-10-8-6-4-2;1-2;/h3-10H2,1-2H3;2H2,1H3;1H. The van der Waals surface area contributed by atoms with Crippen LogP contribution in [0.4, 0.5) is 4.70 Å². The molecule has 13 heavy (non-hydrogen) atoms. The molecular formula is C11H28FN. The van der Waals surface area contributed by atoms with Gasteiger partial charge in [0.2, 0.25) is 0 Å². The van der Waals surface area contributed by atoms with Gasteiger partial charge in [-0.2, -0.15) is 0 Å². The molecule has 0 aliphatic carbocycles. The summed E-state index contributed by atoms with van der Waals surface area (Å²) in [5.74, 6) is 0. The number of halogens is 1. The number of hydrogen-bond acceptors (Lipinski definition) is 1. The Balaban J connectivity index is -0.000000309. The molecule has 1 nitrogen and oxygen atoms in total. The van der Waals surface area contributed by atoms with Gasteiger partial charge >= 0.3 is 0 Å². The maximum absolute atomic E-state index is 4.50. The normalized spacial score (nSPS) is 8.31. The predicted octanol–water partition coefficient (Wildman–Crippen LogP) is 3.87. The van der Waals surface area contributed by atoms with Crippen LogP contribution >= 0.6 is 0 Å². The topological polar surface area (TPSA) is 26.0 Å². The molecule has 0 aliphatic heterocycles. The number of rotatable bonds is 7. The van der Waals surface area contributed by atoms with E-state index in [2.05, 4.69) is 19.6 Å². The van der Waals surface area contributed by atoms with Crippen molar-refractivity contribution >= 4 is 0 Å². The minimum absolute atomic E-state index is 0. The van der Waals surface area contributed by atoms with E-state index in [4.69, 9.17) is 0 Å². The van der Waals surface area contributed by atoms with Gasteiger partial charge in [-0.05, 0) is 7.05 Å². The van der Waals surface area contributed by atoms with Crippen LogP contribution < -0.4 is 5.73 Å². The van der Waals surface area contributed by atoms with Gasteiger partial charge in [0.1, 0.15) is 0 Å². The van der Waals surface area contributed by atoms with Crippen molar-refractivity contribution in [2.45, 2.75) is 65.2 Å². The Morgan fingerprint density at radius 2 is 0.846 bits per heavy atom.